The Kier molecular flexibility index (Phi) is 8.05. The predicted octanol–water partition coefficient (Wildman–Crippen LogP) is 4.40. The smallest absolute Gasteiger partial charge is 0.257 e. The SMILES string of the molecule is COc1cc(C(=O)NC(=S)Nc2cccc(C(=O)Nc3cccc(C)c3)c2)cc(OC)c1OC. The highest BCUT2D eigenvalue weighted by Gasteiger charge is 2.18. The van der Waals surface area contributed by atoms with Gasteiger partial charge >= 0.3 is 0 Å². The molecule has 0 saturated carbocycles. The number of amides is 2. The Bertz CT molecular complexity index is 1200. The van der Waals surface area contributed by atoms with Crippen LogP contribution < -0.4 is 30.2 Å². The molecule has 176 valence electrons. The van der Waals surface area contributed by atoms with E-state index in [0.717, 1.165) is 5.56 Å². The summed E-state index contributed by atoms with van der Waals surface area (Å²) in [6.45, 7) is 1.95. The molecule has 0 aromatic heterocycles. The lowest BCUT2D eigenvalue weighted by atomic mass is 10.1. The Morgan fingerprint density at radius 1 is 0.735 bits per heavy atom. The molecule has 0 heterocycles. The largest absolute Gasteiger partial charge is 0.493 e. The number of carbonyl (C=O) groups is 2. The highest BCUT2D eigenvalue weighted by atomic mass is 32.1. The molecule has 0 aliphatic carbocycles. The monoisotopic (exact) mass is 479 g/mol. The average Bonchev–Trinajstić information content (AvgIpc) is 2.83. The molecule has 8 nitrogen and oxygen atoms in total. The van der Waals surface area contributed by atoms with E-state index in [9.17, 15) is 9.59 Å². The van der Waals surface area contributed by atoms with Crippen molar-refractivity contribution in [2.24, 2.45) is 0 Å². The van der Waals surface area contributed by atoms with Crippen LogP contribution in [0, 0.1) is 6.92 Å². The Balaban J connectivity index is 1.68. The molecule has 2 amide bonds. The molecule has 0 unspecified atom stereocenters. The van der Waals surface area contributed by atoms with Crippen molar-refractivity contribution >= 4 is 40.5 Å². The number of hydrogen-bond acceptors (Lipinski definition) is 6. The molecule has 0 aliphatic heterocycles. The Hall–Kier alpha value is -4.11. The molecule has 3 aromatic carbocycles. The summed E-state index contributed by atoms with van der Waals surface area (Å²) < 4.78 is 15.8. The number of rotatable bonds is 7. The summed E-state index contributed by atoms with van der Waals surface area (Å²) in [5, 5.41) is 8.46. The van der Waals surface area contributed by atoms with Gasteiger partial charge in [0.2, 0.25) is 5.75 Å². The molecule has 0 spiro atoms. The summed E-state index contributed by atoms with van der Waals surface area (Å²) in [7, 11) is 4.41. The minimum Gasteiger partial charge on any atom is -0.493 e. The zero-order valence-corrected chi connectivity index (χ0v) is 20.0. The zero-order chi connectivity index (χ0) is 24.7. The molecular formula is C25H25N3O5S. The van der Waals surface area contributed by atoms with Crippen LogP contribution in [-0.2, 0) is 0 Å². The van der Waals surface area contributed by atoms with E-state index in [1.807, 2.05) is 31.2 Å². The molecule has 3 rings (SSSR count). The Labute approximate surface area is 203 Å². The van der Waals surface area contributed by atoms with E-state index in [4.69, 9.17) is 26.4 Å². The Morgan fingerprint density at radius 3 is 1.94 bits per heavy atom. The summed E-state index contributed by atoms with van der Waals surface area (Å²) in [6.07, 6.45) is 0. The highest BCUT2D eigenvalue weighted by molar-refractivity contribution is 7.80. The minimum atomic E-state index is -0.468. The van der Waals surface area contributed by atoms with Crippen molar-refractivity contribution in [3.63, 3.8) is 0 Å². The fraction of sp³-hybridized carbons (Fsp3) is 0.160. The summed E-state index contributed by atoms with van der Waals surface area (Å²) in [6, 6.07) is 17.4. The first-order chi connectivity index (χ1) is 16.3. The number of methoxy groups -OCH3 is 3. The molecular weight excluding hydrogens is 454 g/mol. The molecule has 0 bridgehead atoms. The molecule has 9 heteroatoms. The van der Waals surface area contributed by atoms with E-state index in [1.165, 1.54) is 33.5 Å². The first-order valence-corrected chi connectivity index (χ1v) is 10.7. The van der Waals surface area contributed by atoms with Crippen LogP contribution in [0.15, 0.2) is 60.7 Å². The van der Waals surface area contributed by atoms with E-state index in [1.54, 1.807) is 24.3 Å². The van der Waals surface area contributed by atoms with E-state index in [0.29, 0.717) is 34.2 Å². The maximum absolute atomic E-state index is 12.7. The first kappa shape index (κ1) is 24.5. The van der Waals surface area contributed by atoms with Gasteiger partial charge in [0.1, 0.15) is 0 Å². The number of aryl methyl sites for hydroxylation is 1. The van der Waals surface area contributed by atoms with Crippen LogP contribution in [0.4, 0.5) is 11.4 Å². The number of carbonyl (C=O) groups excluding carboxylic acids is 2. The van der Waals surface area contributed by atoms with Gasteiger partial charge in [0.25, 0.3) is 11.8 Å². The van der Waals surface area contributed by atoms with Crippen molar-refractivity contribution in [1.29, 1.82) is 0 Å². The van der Waals surface area contributed by atoms with Crippen molar-refractivity contribution in [3.05, 3.63) is 77.4 Å². The molecule has 3 aromatic rings. The van der Waals surface area contributed by atoms with Gasteiger partial charge in [0, 0.05) is 22.5 Å². The van der Waals surface area contributed by atoms with Crippen LogP contribution >= 0.6 is 12.2 Å². The van der Waals surface area contributed by atoms with Crippen LogP contribution in [0.5, 0.6) is 17.2 Å². The summed E-state index contributed by atoms with van der Waals surface area (Å²) in [4.78, 5) is 25.4. The second-order valence-corrected chi connectivity index (χ2v) is 7.63. The topological polar surface area (TPSA) is 97.9 Å². The Morgan fingerprint density at radius 2 is 1.35 bits per heavy atom. The number of nitrogens with one attached hydrogen (secondary N) is 3. The quantitative estimate of drug-likeness (QED) is 0.432. The van der Waals surface area contributed by atoms with Crippen molar-refractivity contribution in [3.8, 4) is 17.2 Å². The van der Waals surface area contributed by atoms with Gasteiger partial charge in [-0.3, -0.25) is 14.9 Å². The maximum Gasteiger partial charge on any atom is 0.257 e. The third kappa shape index (κ3) is 6.02. The second-order valence-electron chi connectivity index (χ2n) is 7.23. The fourth-order valence-electron chi connectivity index (χ4n) is 3.21. The van der Waals surface area contributed by atoms with Gasteiger partial charge < -0.3 is 24.8 Å². The van der Waals surface area contributed by atoms with E-state index in [2.05, 4.69) is 16.0 Å². The van der Waals surface area contributed by atoms with Crippen molar-refractivity contribution in [1.82, 2.24) is 5.32 Å². The normalized spacial score (nSPS) is 10.1. The molecule has 0 fully saturated rings. The lowest BCUT2D eigenvalue weighted by molar-refractivity contribution is 0.0975. The van der Waals surface area contributed by atoms with E-state index >= 15 is 0 Å². The van der Waals surface area contributed by atoms with E-state index < -0.39 is 5.91 Å². The van der Waals surface area contributed by atoms with Gasteiger partial charge in [-0.1, -0.05) is 18.2 Å². The molecule has 0 radical (unpaired) electrons. The van der Waals surface area contributed by atoms with Crippen LogP contribution in [0.25, 0.3) is 0 Å². The van der Waals surface area contributed by atoms with Gasteiger partial charge in [0.05, 0.1) is 21.3 Å². The summed E-state index contributed by atoms with van der Waals surface area (Å²) in [5.74, 6) is 0.339. The van der Waals surface area contributed by atoms with E-state index in [-0.39, 0.29) is 16.6 Å². The van der Waals surface area contributed by atoms with Gasteiger partial charge in [-0.15, -0.1) is 0 Å². The number of ether oxygens (including phenoxy) is 3. The second kappa shape index (κ2) is 11.2. The molecule has 0 atom stereocenters. The van der Waals surface area contributed by atoms with Gasteiger partial charge in [-0.25, -0.2) is 0 Å². The van der Waals surface area contributed by atoms with Crippen molar-refractivity contribution in [2.75, 3.05) is 32.0 Å². The predicted molar refractivity (Wildman–Crippen MR) is 135 cm³/mol. The maximum atomic E-state index is 12.7. The lowest BCUT2D eigenvalue weighted by Gasteiger charge is -2.15. The lowest BCUT2D eigenvalue weighted by Crippen LogP contribution is -2.34. The van der Waals surface area contributed by atoms with Crippen LogP contribution in [0.1, 0.15) is 26.3 Å². The molecule has 3 N–H and O–H groups in total. The zero-order valence-electron chi connectivity index (χ0n) is 19.2. The molecule has 0 saturated heterocycles. The van der Waals surface area contributed by atoms with Gasteiger partial charge in [-0.2, -0.15) is 0 Å². The highest BCUT2D eigenvalue weighted by Crippen LogP contribution is 2.38. The van der Waals surface area contributed by atoms with Gasteiger partial charge in [0.15, 0.2) is 16.6 Å². The van der Waals surface area contributed by atoms with Crippen LogP contribution in [0.3, 0.4) is 0 Å². The van der Waals surface area contributed by atoms with Crippen LogP contribution in [0.2, 0.25) is 0 Å². The average molecular weight is 480 g/mol. The standard InChI is InChI=1S/C25H25N3O5S/c1-15-7-5-9-18(11-15)26-23(29)16-8-6-10-19(12-16)27-25(34)28-24(30)17-13-20(31-2)22(33-4)21(14-17)32-3/h5-14H,1-4H3,(H,26,29)(H2,27,28,30,34). The van der Waals surface area contributed by atoms with Gasteiger partial charge in [-0.05, 0) is 67.2 Å². The third-order valence-electron chi connectivity index (χ3n) is 4.81. The summed E-state index contributed by atoms with van der Waals surface area (Å²) in [5.41, 5.74) is 3.00. The third-order valence-corrected chi connectivity index (χ3v) is 5.02. The van der Waals surface area contributed by atoms with Crippen LogP contribution in [-0.4, -0.2) is 38.3 Å². The number of thiocarbonyl (C=S) groups is 1. The minimum absolute atomic E-state index is 0.0648. The molecule has 34 heavy (non-hydrogen) atoms. The number of benzene rings is 3. The molecule has 0 aliphatic rings. The first-order valence-electron chi connectivity index (χ1n) is 10.2. The fourth-order valence-corrected chi connectivity index (χ4v) is 3.42. The van der Waals surface area contributed by atoms with Crippen molar-refractivity contribution < 1.29 is 23.8 Å². The number of hydrogen-bond donors (Lipinski definition) is 3. The number of anilines is 2. The summed E-state index contributed by atoms with van der Waals surface area (Å²) >= 11 is 5.28. The van der Waals surface area contributed by atoms with Crippen molar-refractivity contribution in [2.45, 2.75) is 6.92 Å².